The van der Waals surface area contributed by atoms with Gasteiger partial charge in [-0.15, -0.1) is 0 Å². The van der Waals surface area contributed by atoms with Crippen molar-refractivity contribution >= 4 is 0 Å². The van der Waals surface area contributed by atoms with E-state index < -0.39 is 0 Å². The second-order valence-electron chi connectivity index (χ2n) is 4.22. The van der Waals surface area contributed by atoms with Crippen LogP contribution in [0.3, 0.4) is 0 Å². The predicted octanol–water partition coefficient (Wildman–Crippen LogP) is 5.31. The zero-order chi connectivity index (χ0) is 11.7. The highest BCUT2D eigenvalue weighted by Gasteiger charge is 2.00. The molecule has 0 spiro atoms. The molecule has 1 aromatic rings. The molecule has 0 amide bonds. The Hall–Kier alpha value is -0.780. The zero-order valence-electron chi connectivity index (χ0n) is 11.0. The summed E-state index contributed by atoms with van der Waals surface area (Å²) in [5.41, 5.74) is 2.80. The van der Waals surface area contributed by atoms with Gasteiger partial charge in [-0.05, 0) is 24.8 Å². The van der Waals surface area contributed by atoms with Crippen molar-refractivity contribution in [3.8, 4) is 0 Å². The maximum absolute atomic E-state index is 2.27. The van der Waals surface area contributed by atoms with Crippen LogP contribution in [0, 0.1) is 6.92 Å². The van der Waals surface area contributed by atoms with Gasteiger partial charge in [0, 0.05) is 0 Å². The monoisotopic (exact) mass is 206 g/mol. The van der Waals surface area contributed by atoms with Gasteiger partial charge >= 0.3 is 0 Å². The standard InChI is InChI=1S/C11H16.C4H10/c1-4-10(3)11-7-5-9(2)6-8-11;1-3-4-2/h5-8,10H,4H2,1-3H3;3-4H2,1-2H3. The number of benzene rings is 1. The molecule has 0 aliphatic heterocycles. The largest absolute Gasteiger partial charge is 0.0654 e. The summed E-state index contributed by atoms with van der Waals surface area (Å²) >= 11 is 0. The Morgan fingerprint density at radius 2 is 1.40 bits per heavy atom. The lowest BCUT2D eigenvalue weighted by molar-refractivity contribution is 0.733. The molecule has 0 heterocycles. The SMILES string of the molecule is CCC(C)c1ccc(C)cc1.CCCC. The lowest BCUT2D eigenvalue weighted by Gasteiger charge is -2.07. The van der Waals surface area contributed by atoms with E-state index in [4.69, 9.17) is 0 Å². The fourth-order valence-corrected chi connectivity index (χ4v) is 1.13. The van der Waals surface area contributed by atoms with Gasteiger partial charge in [0.15, 0.2) is 0 Å². The first-order chi connectivity index (χ1) is 7.15. The molecule has 0 aliphatic carbocycles. The van der Waals surface area contributed by atoms with Crippen LogP contribution in [0.5, 0.6) is 0 Å². The molecule has 0 bridgehead atoms. The highest BCUT2D eigenvalue weighted by Crippen LogP contribution is 2.18. The van der Waals surface area contributed by atoms with Crippen molar-refractivity contribution in [2.45, 2.75) is 59.8 Å². The molecule has 0 N–H and O–H groups in total. The summed E-state index contributed by atoms with van der Waals surface area (Å²) in [6.07, 6.45) is 3.86. The fourth-order valence-electron chi connectivity index (χ4n) is 1.13. The zero-order valence-corrected chi connectivity index (χ0v) is 11.0. The van der Waals surface area contributed by atoms with E-state index in [9.17, 15) is 0 Å². The molecular weight excluding hydrogens is 180 g/mol. The Morgan fingerprint density at radius 3 is 1.73 bits per heavy atom. The van der Waals surface area contributed by atoms with Crippen molar-refractivity contribution in [1.82, 2.24) is 0 Å². The molecule has 86 valence electrons. The normalized spacial score (nSPS) is 11.5. The Kier molecular flexibility index (Phi) is 8.08. The third kappa shape index (κ3) is 6.33. The van der Waals surface area contributed by atoms with Crippen LogP contribution in [0.25, 0.3) is 0 Å². The Bertz CT molecular complexity index is 231. The first-order valence-corrected chi connectivity index (χ1v) is 6.22. The van der Waals surface area contributed by atoms with Gasteiger partial charge in [-0.2, -0.15) is 0 Å². The van der Waals surface area contributed by atoms with Crippen LogP contribution < -0.4 is 0 Å². The van der Waals surface area contributed by atoms with Crippen LogP contribution in [0.2, 0.25) is 0 Å². The minimum atomic E-state index is 0.704. The molecule has 0 saturated heterocycles. The van der Waals surface area contributed by atoms with Crippen molar-refractivity contribution in [3.05, 3.63) is 35.4 Å². The summed E-state index contributed by atoms with van der Waals surface area (Å²) in [5, 5.41) is 0. The quantitative estimate of drug-likeness (QED) is 0.628. The van der Waals surface area contributed by atoms with Crippen molar-refractivity contribution in [3.63, 3.8) is 0 Å². The lowest BCUT2D eigenvalue weighted by Crippen LogP contribution is -1.89. The highest BCUT2D eigenvalue weighted by molar-refractivity contribution is 5.23. The molecule has 0 saturated carbocycles. The van der Waals surface area contributed by atoms with Crippen LogP contribution >= 0.6 is 0 Å². The van der Waals surface area contributed by atoms with E-state index >= 15 is 0 Å². The average Bonchev–Trinajstić information content (AvgIpc) is 2.29. The minimum Gasteiger partial charge on any atom is -0.0654 e. The van der Waals surface area contributed by atoms with Crippen LogP contribution in [0.1, 0.15) is 64.0 Å². The molecule has 0 fully saturated rings. The van der Waals surface area contributed by atoms with E-state index in [1.54, 1.807) is 0 Å². The summed E-state index contributed by atoms with van der Waals surface area (Å²) in [5.74, 6) is 0.704. The molecule has 1 aromatic carbocycles. The predicted molar refractivity (Wildman–Crippen MR) is 70.5 cm³/mol. The van der Waals surface area contributed by atoms with E-state index in [1.807, 2.05) is 0 Å². The van der Waals surface area contributed by atoms with Gasteiger partial charge < -0.3 is 0 Å². The van der Waals surface area contributed by atoms with Gasteiger partial charge in [-0.3, -0.25) is 0 Å². The first-order valence-electron chi connectivity index (χ1n) is 6.22. The maximum atomic E-state index is 2.27. The van der Waals surface area contributed by atoms with Gasteiger partial charge in [0.2, 0.25) is 0 Å². The average molecular weight is 206 g/mol. The summed E-state index contributed by atoms with van der Waals surface area (Å²) in [6, 6.07) is 8.82. The van der Waals surface area contributed by atoms with E-state index in [0.717, 1.165) is 0 Å². The van der Waals surface area contributed by atoms with Crippen LogP contribution in [-0.4, -0.2) is 0 Å². The molecule has 0 heteroatoms. The number of rotatable bonds is 3. The third-order valence-corrected chi connectivity index (χ3v) is 2.76. The number of aryl methyl sites for hydroxylation is 1. The Balaban J connectivity index is 0.000000423. The summed E-state index contributed by atoms with van der Waals surface area (Å²) in [7, 11) is 0. The minimum absolute atomic E-state index is 0.704. The topological polar surface area (TPSA) is 0 Å². The molecule has 0 aliphatic rings. The van der Waals surface area contributed by atoms with Gasteiger partial charge in [-0.25, -0.2) is 0 Å². The van der Waals surface area contributed by atoms with Gasteiger partial charge in [-0.1, -0.05) is 70.4 Å². The Morgan fingerprint density at radius 1 is 0.933 bits per heavy atom. The van der Waals surface area contributed by atoms with Crippen molar-refractivity contribution in [2.75, 3.05) is 0 Å². The van der Waals surface area contributed by atoms with E-state index in [2.05, 4.69) is 58.9 Å². The third-order valence-electron chi connectivity index (χ3n) is 2.76. The first kappa shape index (κ1) is 14.2. The highest BCUT2D eigenvalue weighted by atomic mass is 14.0. The number of unbranched alkanes of at least 4 members (excludes halogenated alkanes) is 1. The van der Waals surface area contributed by atoms with Gasteiger partial charge in [0.1, 0.15) is 0 Å². The molecule has 1 atom stereocenters. The van der Waals surface area contributed by atoms with Gasteiger partial charge in [0.25, 0.3) is 0 Å². The van der Waals surface area contributed by atoms with Crippen molar-refractivity contribution in [2.24, 2.45) is 0 Å². The molecular formula is C15H26. The molecule has 0 nitrogen and oxygen atoms in total. The second kappa shape index (κ2) is 8.52. The molecule has 1 rings (SSSR count). The maximum Gasteiger partial charge on any atom is -0.0193 e. The molecule has 0 radical (unpaired) electrons. The van der Waals surface area contributed by atoms with Crippen LogP contribution in [-0.2, 0) is 0 Å². The Labute approximate surface area is 95.7 Å². The van der Waals surface area contributed by atoms with E-state index in [1.165, 1.54) is 30.4 Å². The lowest BCUT2D eigenvalue weighted by atomic mass is 9.98. The number of hydrogen-bond donors (Lipinski definition) is 0. The molecule has 15 heavy (non-hydrogen) atoms. The van der Waals surface area contributed by atoms with Gasteiger partial charge in [0.05, 0.1) is 0 Å². The summed E-state index contributed by atoms with van der Waals surface area (Å²) < 4.78 is 0. The fraction of sp³-hybridized carbons (Fsp3) is 0.600. The summed E-state index contributed by atoms with van der Waals surface area (Å²) in [4.78, 5) is 0. The van der Waals surface area contributed by atoms with Crippen molar-refractivity contribution in [1.29, 1.82) is 0 Å². The molecule has 1 unspecified atom stereocenters. The van der Waals surface area contributed by atoms with Crippen LogP contribution in [0.4, 0.5) is 0 Å². The smallest absolute Gasteiger partial charge is 0.0193 e. The van der Waals surface area contributed by atoms with Crippen molar-refractivity contribution < 1.29 is 0 Å². The number of hydrogen-bond acceptors (Lipinski definition) is 0. The van der Waals surface area contributed by atoms with E-state index in [0.29, 0.717) is 5.92 Å². The summed E-state index contributed by atoms with van der Waals surface area (Å²) in [6.45, 7) is 11.0. The molecule has 0 aromatic heterocycles. The van der Waals surface area contributed by atoms with E-state index in [-0.39, 0.29) is 0 Å². The second-order valence-corrected chi connectivity index (χ2v) is 4.22. The van der Waals surface area contributed by atoms with Crippen LogP contribution in [0.15, 0.2) is 24.3 Å².